The molecule has 0 N–H and O–H groups in total. The van der Waals surface area contributed by atoms with Gasteiger partial charge in [-0.25, -0.2) is 4.98 Å². The maximum absolute atomic E-state index is 13.0. The first-order chi connectivity index (χ1) is 11.7. The van der Waals surface area contributed by atoms with Crippen LogP contribution in [0.25, 0.3) is 10.9 Å². The van der Waals surface area contributed by atoms with Crippen LogP contribution in [0.3, 0.4) is 0 Å². The molecular formula is C21H18ClNO. The summed E-state index contributed by atoms with van der Waals surface area (Å²) in [5, 5.41) is 1.53. The summed E-state index contributed by atoms with van der Waals surface area (Å²) in [6, 6.07) is 16.1. The third-order valence-corrected chi connectivity index (χ3v) is 5.28. The summed E-state index contributed by atoms with van der Waals surface area (Å²) in [5.41, 5.74) is 5.10. The Kier molecular flexibility index (Phi) is 3.85. The number of Topliss-reactive ketones (excluding diaryl/α,β-unsaturated/α-hetero) is 1. The highest BCUT2D eigenvalue weighted by molar-refractivity contribution is 6.30. The fourth-order valence-corrected chi connectivity index (χ4v) is 3.91. The maximum Gasteiger partial charge on any atom is 0.170 e. The smallest absolute Gasteiger partial charge is 0.170 e. The van der Waals surface area contributed by atoms with Gasteiger partial charge in [0.15, 0.2) is 5.78 Å². The van der Waals surface area contributed by atoms with Gasteiger partial charge in [0, 0.05) is 16.9 Å². The number of ketones is 1. The van der Waals surface area contributed by atoms with Crippen molar-refractivity contribution in [3.05, 3.63) is 75.9 Å². The van der Waals surface area contributed by atoms with E-state index in [1.54, 1.807) is 0 Å². The Balaban J connectivity index is 1.74. The van der Waals surface area contributed by atoms with Gasteiger partial charge in [0.05, 0.1) is 5.52 Å². The van der Waals surface area contributed by atoms with Crippen LogP contribution in [-0.4, -0.2) is 10.8 Å². The second-order valence-corrected chi connectivity index (χ2v) is 6.71. The van der Waals surface area contributed by atoms with Crippen molar-refractivity contribution >= 4 is 28.3 Å². The van der Waals surface area contributed by atoms with Crippen LogP contribution in [-0.2, 0) is 12.8 Å². The lowest BCUT2D eigenvalue weighted by Crippen LogP contribution is -2.10. The van der Waals surface area contributed by atoms with Gasteiger partial charge in [-0.05, 0) is 60.2 Å². The predicted octanol–water partition coefficient (Wildman–Crippen LogP) is 5.36. The fraction of sp³-hybridized carbons (Fsp3) is 0.238. The average Bonchev–Trinajstić information content (AvgIpc) is 3.04. The average molecular weight is 336 g/mol. The number of aromatic nitrogens is 1. The van der Waals surface area contributed by atoms with Crippen LogP contribution in [0.4, 0.5) is 0 Å². The number of hydrogen-bond acceptors (Lipinski definition) is 2. The molecule has 0 fully saturated rings. The minimum Gasteiger partial charge on any atom is -0.293 e. The van der Waals surface area contributed by atoms with Gasteiger partial charge in [-0.1, -0.05) is 42.8 Å². The molecule has 0 saturated heterocycles. The summed E-state index contributed by atoms with van der Waals surface area (Å²) in [6.07, 6.45) is 2.71. The molecule has 1 atom stereocenters. The number of carbonyl (C=O) groups excluding carboxylic acids is 1. The Morgan fingerprint density at radius 2 is 2.04 bits per heavy atom. The van der Waals surface area contributed by atoms with Crippen molar-refractivity contribution < 1.29 is 4.79 Å². The van der Waals surface area contributed by atoms with Gasteiger partial charge in [0.1, 0.15) is 5.15 Å². The zero-order chi connectivity index (χ0) is 16.7. The van der Waals surface area contributed by atoms with E-state index in [4.69, 9.17) is 11.6 Å². The highest BCUT2D eigenvalue weighted by atomic mass is 35.5. The second kappa shape index (κ2) is 6.03. The number of halogens is 1. The van der Waals surface area contributed by atoms with Crippen molar-refractivity contribution in [2.24, 2.45) is 0 Å². The van der Waals surface area contributed by atoms with Gasteiger partial charge in [-0.2, -0.15) is 0 Å². The highest BCUT2D eigenvalue weighted by Crippen LogP contribution is 2.35. The Labute approximate surface area is 146 Å². The first-order valence-electron chi connectivity index (χ1n) is 8.38. The second-order valence-electron chi connectivity index (χ2n) is 6.35. The molecule has 3 heteroatoms. The quantitative estimate of drug-likeness (QED) is 0.476. The summed E-state index contributed by atoms with van der Waals surface area (Å²) in [7, 11) is 0. The molecule has 1 aliphatic rings. The van der Waals surface area contributed by atoms with Crippen LogP contribution >= 0.6 is 11.6 Å². The number of rotatable bonds is 3. The van der Waals surface area contributed by atoms with Gasteiger partial charge >= 0.3 is 0 Å². The number of pyridine rings is 1. The van der Waals surface area contributed by atoms with Crippen molar-refractivity contribution in [1.29, 1.82) is 0 Å². The van der Waals surface area contributed by atoms with Crippen LogP contribution < -0.4 is 0 Å². The molecular weight excluding hydrogens is 318 g/mol. The van der Waals surface area contributed by atoms with Crippen molar-refractivity contribution in [3.8, 4) is 0 Å². The van der Waals surface area contributed by atoms with E-state index in [0.717, 1.165) is 41.3 Å². The molecule has 0 spiro atoms. The van der Waals surface area contributed by atoms with E-state index < -0.39 is 0 Å². The lowest BCUT2D eigenvalue weighted by atomic mass is 9.91. The van der Waals surface area contributed by atoms with Gasteiger partial charge in [0.25, 0.3) is 0 Å². The van der Waals surface area contributed by atoms with Crippen LogP contribution in [0.1, 0.15) is 46.3 Å². The van der Waals surface area contributed by atoms with E-state index in [-0.39, 0.29) is 11.7 Å². The van der Waals surface area contributed by atoms with Crippen molar-refractivity contribution in [1.82, 2.24) is 4.98 Å². The molecule has 0 saturated carbocycles. The van der Waals surface area contributed by atoms with Gasteiger partial charge in [0.2, 0.25) is 0 Å². The Hall–Kier alpha value is -2.19. The van der Waals surface area contributed by atoms with E-state index in [9.17, 15) is 4.79 Å². The third-order valence-electron chi connectivity index (χ3n) is 4.96. The number of fused-ring (bicyclic) bond motifs is 2. The Morgan fingerprint density at radius 1 is 1.21 bits per heavy atom. The predicted molar refractivity (Wildman–Crippen MR) is 98.0 cm³/mol. The van der Waals surface area contributed by atoms with Crippen molar-refractivity contribution in [2.75, 3.05) is 0 Å². The fourth-order valence-electron chi connectivity index (χ4n) is 3.63. The summed E-state index contributed by atoms with van der Waals surface area (Å²) >= 11 is 6.19. The number of aryl methyl sites for hydroxylation is 2. The lowest BCUT2D eigenvalue weighted by Gasteiger charge is -2.12. The van der Waals surface area contributed by atoms with Crippen LogP contribution in [0, 0.1) is 0 Å². The molecule has 0 radical (unpaired) electrons. The number of carbonyl (C=O) groups is 1. The summed E-state index contributed by atoms with van der Waals surface area (Å²) in [6.45, 7) is 2.05. The molecule has 120 valence electrons. The molecule has 3 aromatic rings. The minimum absolute atomic E-state index is 0.0236. The lowest BCUT2D eigenvalue weighted by molar-refractivity contribution is 0.0959. The Morgan fingerprint density at radius 3 is 2.88 bits per heavy atom. The molecule has 2 aromatic carbocycles. The molecule has 1 aromatic heterocycles. The minimum atomic E-state index is -0.0236. The molecule has 24 heavy (non-hydrogen) atoms. The summed E-state index contributed by atoms with van der Waals surface area (Å²) in [5.74, 6) is 0.180. The largest absolute Gasteiger partial charge is 0.293 e. The van der Waals surface area contributed by atoms with Gasteiger partial charge in [-0.15, -0.1) is 0 Å². The number of benzene rings is 2. The molecule has 0 amide bonds. The van der Waals surface area contributed by atoms with E-state index in [0.29, 0.717) is 5.15 Å². The van der Waals surface area contributed by atoms with Crippen LogP contribution in [0.5, 0.6) is 0 Å². The first kappa shape index (κ1) is 15.3. The van der Waals surface area contributed by atoms with E-state index >= 15 is 0 Å². The number of hydrogen-bond donors (Lipinski definition) is 0. The van der Waals surface area contributed by atoms with E-state index in [2.05, 4.69) is 24.0 Å². The third kappa shape index (κ3) is 2.51. The highest BCUT2D eigenvalue weighted by Gasteiger charge is 2.28. The monoisotopic (exact) mass is 335 g/mol. The SMILES string of the molecule is CCc1cc2cc(C(=O)C3CCc4ccccc43)ccc2nc1Cl. The van der Waals surface area contributed by atoms with Gasteiger partial charge < -0.3 is 0 Å². The van der Waals surface area contributed by atoms with Crippen LogP contribution in [0.15, 0.2) is 48.5 Å². The summed E-state index contributed by atoms with van der Waals surface area (Å²) in [4.78, 5) is 17.5. The normalized spacial score (nSPS) is 16.3. The standard InChI is InChI=1S/C21H18ClNO/c1-2-13-11-16-12-15(8-10-19(16)23-21(13)22)20(24)18-9-7-14-5-3-4-6-17(14)18/h3-6,8,10-12,18H,2,7,9H2,1H3. The van der Waals surface area contributed by atoms with Crippen molar-refractivity contribution in [2.45, 2.75) is 32.1 Å². The van der Waals surface area contributed by atoms with E-state index in [1.807, 2.05) is 36.4 Å². The molecule has 1 aliphatic carbocycles. The zero-order valence-electron chi connectivity index (χ0n) is 13.6. The molecule has 0 bridgehead atoms. The Bertz CT molecular complexity index is 948. The first-order valence-corrected chi connectivity index (χ1v) is 8.76. The van der Waals surface area contributed by atoms with Gasteiger partial charge in [-0.3, -0.25) is 4.79 Å². The molecule has 1 unspecified atom stereocenters. The van der Waals surface area contributed by atoms with Crippen molar-refractivity contribution in [3.63, 3.8) is 0 Å². The maximum atomic E-state index is 13.0. The van der Waals surface area contributed by atoms with Crippen LogP contribution in [0.2, 0.25) is 5.15 Å². The molecule has 2 nitrogen and oxygen atoms in total. The zero-order valence-corrected chi connectivity index (χ0v) is 14.3. The molecule has 1 heterocycles. The molecule has 4 rings (SSSR count). The summed E-state index contributed by atoms with van der Waals surface area (Å²) < 4.78 is 0. The molecule has 0 aliphatic heterocycles. The van der Waals surface area contributed by atoms with E-state index in [1.165, 1.54) is 11.1 Å². The number of nitrogens with zero attached hydrogens (tertiary/aromatic N) is 1. The topological polar surface area (TPSA) is 30.0 Å².